The number of rotatable bonds is 10. The van der Waals surface area contributed by atoms with E-state index in [1.165, 1.54) is 25.7 Å². The van der Waals surface area contributed by atoms with Gasteiger partial charge in [0.15, 0.2) is 0 Å². The summed E-state index contributed by atoms with van der Waals surface area (Å²) in [4.78, 5) is 2.61. The fourth-order valence-electron chi connectivity index (χ4n) is 2.39. The van der Waals surface area contributed by atoms with Gasteiger partial charge in [0.25, 0.3) is 0 Å². The second-order valence-corrected chi connectivity index (χ2v) is 5.41. The maximum atomic E-state index is 5.20. The SMILES string of the molecule is CCCC(C)NCC(C)N(CCOC)C1CC1. The van der Waals surface area contributed by atoms with Gasteiger partial charge in [0.1, 0.15) is 0 Å². The molecule has 17 heavy (non-hydrogen) atoms. The molecule has 1 aliphatic carbocycles. The Morgan fingerprint density at radius 1 is 1.35 bits per heavy atom. The van der Waals surface area contributed by atoms with Crippen LogP contribution in [-0.4, -0.2) is 49.8 Å². The summed E-state index contributed by atoms with van der Waals surface area (Å²) in [6.07, 6.45) is 5.28. The topological polar surface area (TPSA) is 24.5 Å². The van der Waals surface area contributed by atoms with E-state index in [0.717, 1.165) is 25.7 Å². The number of nitrogens with one attached hydrogen (secondary N) is 1. The molecule has 0 heterocycles. The summed E-state index contributed by atoms with van der Waals surface area (Å²) in [5.74, 6) is 0. The fraction of sp³-hybridized carbons (Fsp3) is 1.00. The van der Waals surface area contributed by atoms with Crippen molar-refractivity contribution in [2.45, 2.75) is 64.6 Å². The molecule has 0 aromatic heterocycles. The van der Waals surface area contributed by atoms with E-state index < -0.39 is 0 Å². The third kappa shape index (κ3) is 5.84. The minimum Gasteiger partial charge on any atom is -0.383 e. The Hall–Kier alpha value is -0.120. The molecule has 2 unspecified atom stereocenters. The third-order valence-corrected chi connectivity index (χ3v) is 3.62. The minimum absolute atomic E-state index is 0.622. The van der Waals surface area contributed by atoms with Crippen LogP contribution in [0.15, 0.2) is 0 Å². The zero-order chi connectivity index (χ0) is 12.7. The van der Waals surface area contributed by atoms with E-state index in [-0.39, 0.29) is 0 Å². The highest BCUT2D eigenvalue weighted by Crippen LogP contribution is 2.28. The Morgan fingerprint density at radius 2 is 2.06 bits per heavy atom. The molecule has 0 saturated heterocycles. The van der Waals surface area contributed by atoms with Crippen molar-refractivity contribution in [2.24, 2.45) is 0 Å². The van der Waals surface area contributed by atoms with Crippen molar-refractivity contribution in [3.63, 3.8) is 0 Å². The molecule has 0 aliphatic heterocycles. The van der Waals surface area contributed by atoms with Gasteiger partial charge in [0.05, 0.1) is 6.61 Å². The number of hydrogen-bond donors (Lipinski definition) is 1. The molecule has 0 radical (unpaired) electrons. The van der Waals surface area contributed by atoms with Gasteiger partial charge in [-0.2, -0.15) is 0 Å². The first-order chi connectivity index (χ1) is 8.19. The van der Waals surface area contributed by atoms with Crippen molar-refractivity contribution in [2.75, 3.05) is 26.8 Å². The van der Waals surface area contributed by atoms with Crippen molar-refractivity contribution < 1.29 is 4.74 Å². The number of nitrogens with zero attached hydrogens (tertiary/aromatic N) is 1. The van der Waals surface area contributed by atoms with Gasteiger partial charge in [-0.25, -0.2) is 0 Å². The highest BCUT2D eigenvalue weighted by Gasteiger charge is 2.31. The summed E-state index contributed by atoms with van der Waals surface area (Å²) in [6, 6.07) is 2.09. The van der Waals surface area contributed by atoms with Crippen molar-refractivity contribution in [1.82, 2.24) is 10.2 Å². The molecule has 0 spiro atoms. The van der Waals surface area contributed by atoms with E-state index in [4.69, 9.17) is 4.74 Å². The molecule has 1 saturated carbocycles. The van der Waals surface area contributed by atoms with Crippen molar-refractivity contribution in [3.05, 3.63) is 0 Å². The lowest BCUT2D eigenvalue weighted by Crippen LogP contribution is -2.45. The number of methoxy groups -OCH3 is 1. The van der Waals surface area contributed by atoms with E-state index in [9.17, 15) is 0 Å². The van der Waals surface area contributed by atoms with Gasteiger partial charge in [0.2, 0.25) is 0 Å². The number of hydrogen-bond acceptors (Lipinski definition) is 3. The Morgan fingerprint density at radius 3 is 2.59 bits per heavy atom. The van der Waals surface area contributed by atoms with E-state index in [0.29, 0.717) is 12.1 Å². The van der Waals surface area contributed by atoms with Gasteiger partial charge in [0, 0.05) is 38.3 Å². The average Bonchev–Trinajstić information content (AvgIpc) is 3.11. The monoisotopic (exact) mass is 242 g/mol. The van der Waals surface area contributed by atoms with Crippen LogP contribution in [0, 0.1) is 0 Å². The fourth-order valence-corrected chi connectivity index (χ4v) is 2.39. The van der Waals surface area contributed by atoms with Crippen molar-refractivity contribution in [1.29, 1.82) is 0 Å². The molecule has 1 rings (SSSR count). The lowest BCUT2D eigenvalue weighted by Gasteiger charge is -2.30. The maximum Gasteiger partial charge on any atom is 0.0589 e. The zero-order valence-electron chi connectivity index (χ0n) is 12.0. The number of ether oxygens (including phenoxy) is 1. The molecule has 102 valence electrons. The molecule has 1 aliphatic rings. The van der Waals surface area contributed by atoms with E-state index in [1.807, 2.05) is 0 Å². The molecular formula is C14H30N2O. The van der Waals surface area contributed by atoms with Gasteiger partial charge in [-0.1, -0.05) is 13.3 Å². The van der Waals surface area contributed by atoms with Crippen LogP contribution in [0.5, 0.6) is 0 Å². The summed E-state index contributed by atoms with van der Waals surface area (Å²) in [6.45, 7) is 9.89. The van der Waals surface area contributed by atoms with Gasteiger partial charge in [-0.15, -0.1) is 0 Å². The molecule has 3 heteroatoms. The lowest BCUT2D eigenvalue weighted by molar-refractivity contribution is 0.117. The van der Waals surface area contributed by atoms with Crippen LogP contribution in [0.25, 0.3) is 0 Å². The first-order valence-electron chi connectivity index (χ1n) is 7.17. The summed E-state index contributed by atoms with van der Waals surface area (Å²) >= 11 is 0. The summed E-state index contributed by atoms with van der Waals surface area (Å²) in [7, 11) is 1.79. The Kier molecular flexibility index (Phi) is 7.09. The van der Waals surface area contributed by atoms with Crippen LogP contribution in [0.4, 0.5) is 0 Å². The van der Waals surface area contributed by atoms with Crippen LogP contribution in [0.1, 0.15) is 46.5 Å². The smallest absolute Gasteiger partial charge is 0.0589 e. The molecule has 3 nitrogen and oxygen atoms in total. The molecule has 0 bridgehead atoms. The third-order valence-electron chi connectivity index (χ3n) is 3.62. The van der Waals surface area contributed by atoms with Gasteiger partial charge in [-0.3, -0.25) is 4.90 Å². The molecular weight excluding hydrogens is 212 g/mol. The van der Waals surface area contributed by atoms with E-state index in [2.05, 4.69) is 31.0 Å². The Bertz CT molecular complexity index is 195. The first kappa shape index (κ1) is 14.9. The second-order valence-electron chi connectivity index (χ2n) is 5.41. The quantitative estimate of drug-likeness (QED) is 0.636. The van der Waals surface area contributed by atoms with E-state index in [1.54, 1.807) is 7.11 Å². The Labute approximate surface area is 107 Å². The van der Waals surface area contributed by atoms with Crippen molar-refractivity contribution >= 4 is 0 Å². The molecule has 1 N–H and O–H groups in total. The zero-order valence-corrected chi connectivity index (χ0v) is 12.0. The maximum absolute atomic E-state index is 5.20. The van der Waals surface area contributed by atoms with Crippen LogP contribution in [0.3, 0.4) is 0 Å². The van der Waals surface area contributed by atoms with Crippen LogP contribution in [-0.2, 0) is 4.74 Å². The minimum atomic E-state index is 0.622. The molecule has 0 aromatic rings. The summed E-state index contributed by atoms with van der Waals surface area (Å²) in [5.41, 5.74) is 0. The molecule has 0 amide bonds. The van der Waals surface area contributed by atoms with Gasteiger partial charge in [-0.05, 0) is 33.1 Å². The van der Waals surface area contributed by atoms with Crippen LogP contribution in [0.2, 0.25) is 0 Å². The summed E-state index contributed by atoms with van der Waals surface area (Å²) in [5, 5.41) is 3.64. The standard InChI is InChI=1S/C14H30N2O/c1-5-6-12(2)15-11-13(3)16(9-10-17-4)14-7-8-14/h12-15H,5-11H2,1-4H3. The second kappa shape index (κ2) is 8.06. The van der Waals surface area contributed by atoms with Gasteiger partial charge >= 0.3 is 0 Å². The highest BCUT2D eigenvalue weighted by atomic mass is 16.5. The van der Waals surface area contributed by atoms with Gasteiger partial charge < -0.3 is 10.1 Å². The normalized spacial score (nSPS) is 19.6. The largest absolute Gasteiger partial charge is 0.383 e. The highest BCUT2D eigenvalue weighted by molar-refractivity contribution is 4.88. The van der Waals surface area contributed by atoms with E-state index >= 15 is 0 Å². The molecule has 2 atom stereocenters. The predicted molar refractivity (Wildman–Crippen MR) is 73.4 cm³/mol. The Balaban J connectivity index is 2.24. The first-order valence-corrected chi connectivity index (χ1v) is 7.17. The molecule has 0 aromatic carbocycles. The summed E-state index contributed by atoms with van der Waals surface area (Å²) < 4.78 is 5.20. The molecule has 1 fully saturated rings. The van der Waals surface area contributed by atoms with Crippen molar-refractivity contribution in [3.8, 4) is 0 Å². The average molecular weight is 242 g/mol. The van der Waals surface area contributed by atoms with Crippen LogP contribution >= 0.6 is 0 Å². The predicted octanol–water partition coefficient (Wildman–Crippen LogP) is 2.26. The van der Waals surface area contributed by atoms with Crippen LogP contribution < -0.4 is 5.32 Å². The lowest BCUT2D eigenvalue weighted by atomic mass is 10.2.